The van der Waals surface area contributed by atoms with Gasteiger partial charge in [0.1, 0.15) is 11.5 Å². The minimum Gasteiger partial charge on any atom is -0.495 e. The van der Waals surface area contributed by atoms with Crippen LogP contribution in [0.3, 0.4) is 0 Å². The average Bonchev–Trinajstić information content (AvgIpc) is 2.83. The van der Waals surface area contributed by atoms with Gasteiger partial charge in [-0.3, -0.25) is 14.2 Å². The van der Waals surface area contributed by atoms with Crippen molar-refractivity contribution in [3.05, 3.63) is 86.6 Å². The van der Waals surface area contributed by atoms with E-state index >= 15 is 0 Å². The molecule has 3 aromatic carbocycles. The molecule has 0 spiro atoms. The molecule has 168 valence electrons. The molecule has 0 radical (unpaired) electrons. The van der Waals surface area contributed by atoms with Crippen LogP contribution >= 0.6 is 35.0 Å². The van der Waals surface area contributed by atoms with Gasteiger partial charge in [-0.2, -0.15) is 0 Å². The van der Waals surface area contributed by atoms with E-state index in [0.717, 1.165) is 11.8 Å². The molecule has 4 rings (SSSR count). The Morgan fingerprint density at radius 2 is 1.70 bits per heavy atom. The van der Waals surface area contributed by atoms with Crippen molar-refractivity contribution in [1.82, 2.24) is 9.55 Å². The number of aromatic nitrogens is 2. The van der Waals surface area contributed by atoms with Crippen molar-refractivity contribution in [3.8, 4) is 17.2 Å². The summed E-state index contributed by atoms with van der Waals surface area (Å²) in [5.74, 6) is 0.692. The maximum atomic E-state index is 13.5. The fraction of sp³-hybridized carbons (Fsp3) is 0.125. The van der Waals surface area contributed by atoms with Crippen molar-refractivity contribution in [3.63, 3.8) is 0 Å². The number of carbonyl (C=O) groups is 1. The minimum absolute atomic E-state index is 0.0689. The fourth-order valence-corrected chi connectivity index (χ4v) is 4.55. The number of ketones is 1. The van der Waals surface area contributed by atoms with E-state index < -0.39 is 0 Å². The predicted octanol–water partition coefficient (Wildman–Crippen LogP) is 5.68. The van der Waals surface area contributed by atoms with Crippen molar-refractivity contribution in [2.24, 2.45) is 0 Å². The molecule has 0 saturated carbocycles. The van der Waals surface area contributed by atoms with Gasteiger partial charge in [-0.1, -0.05) is 47.1 Å². The topological polar surface area (TPSA) is 70.4 Å². The van der Waals surface area contributed by atoms with E-state index in [-0.39, 0.29) is 17.1 Å². The SMILES string of the molecule is COc1cc(-n2c(SCC(=O)c3ccc(Cl)cc3)nc3ccccc3c2=O)c(OC)cc1Cl. The van der Waals surface area contributed by atoms with Crippen LogP contribution in [0.15, 0.2) is 70.6 Å². The van der Waals surface area contributed by atoms with Crippen LogP contribution in [-0.4, -0.2) is 35.3 Å². The molecule has 0 unspecified atom stereocenters. The Morgan fingerprint density at radius 3 is 2.39 bits per heavy atom. The highest BCUT2D eigenvalue weighted by Crippen LogP contribution is 2.36. The number of para-hydroxylation sites is 1. The highest BCUT2D eigenvalue weighted by Gasteiger charge is 2.20. The number of Topliss-reactive ketones (excluding diaryl/α,β-unsaturated/α-hetero) is 1. The maximum absolute atomic E-state index is 13.5. The van der Waals surface area contributed by atoms with Gasteiger partial charge in [0.05, 0.1) is 41.6 Å². The third-order valence-electron chi connectivity index (χ3n) is 4.94. The number of thioether (sulfide) groups is 1. The first kappa shape index (κ1) is 23.2. The van der Waals surface area contributed by atoms with Gasteiger partial charge < -0.3 is 9.47 Å². The Labute approximate surface area is 204 Å². The van der Waals surface area contributed by atoms with Crippen molar-refractivity contribution in [1.29, 1.82) is 0 Å². The summed E-state index contributed by atoms with van der Waals surface area (Å²) >= 11 is 13.3. The highest BCUT2D eigenvalue weighted by molar-refractivity contribution is 7.99. The third kappa shape index (κ3) is 4.71. The lowest BCUT2D eigenvalue weighted by Crippen LogP contribution is -2.23. The van der Waals surface area contributed by atoms with Crippen molar-refractivity contribution >= 4 is 51.6 Å². The zero-order chi connectivity index (χ0) is 23.5. The van der Waals surface area contributed by atoms with Gasteiger partial charge in [-0.05, 0) is 36.4 Å². The summed E-state index contributed by atoms with van der Waals surface area (Å²) in [4.78, 5) is 31.0. The Morgan fingerprint density at radius 1 is 1.00 bits per heavy atom. The summed E-state index contributed by atoms with van der Waals surface area (Å²) in [5.41, 5.74) is 1.15. The van der Waals surface area contributed by atoms with Gasteiger partial charge in [0, 0.05) is 22.7 Å². The zero-order valence-corrected chi connectivity index (χ0v) is 20.0. The van der Waals surface area contributed by atoms with Gasteiger partial charge in [-0.15, -0.1) is 0 Å². The molecule has 0 aliphatic carbocycles. The number of fused-ring (bicyclic) bond motifs is 1. The first-order valence-electron chi connectivity index (χ1n) is 9.78. The van der Waals surface area contributed by atoms with Crippen LogP contribution in [-0.2, 0) is 0 Å². The predicted molar refractivity (Wildman–Crippen MR) is 132 cm³/mol. The molecule has 0 aliphatic heterocycles. The van der Waals surface area contributed by atoms with Crippen LogP contribution in [0.4, 0.5) is 0 Å². The molecule has 0 aliphatic rings. The summed E-state index contributed by atoms with van der Waals surface area (Å²) < 4.78 is 12.3. The average molecular weight is 501 g/mol. The zero-order valence-electron chi connectivity index (χ0n) is 17.7. The number of benzene rings is 3. The van der Waals surface area contributed by atoms with E-state index in [4.69, 9.17) is 32.7 Å². The Balaban J connectivity index is 1.85. The molecule has 1 aromatic heterocycles. The van der Waals surface area contributed by atoms with E-state index in [1.807, 2.05) is 0 Å². The van der Waals surface area contributed by atoms with Crippen LogP contribution in [0.5, 0.6) is 11.5 Å². The van der Waals surface area contributed by atoms with Crippen LogP contribution in [0.2, 0.25) is 10.0 Å². The Kier molecular flexibility index (Phi) is 6.93. The molecule has 9 heteroatoms. The highest BCUT2D eigenvalue weighted by atomic mass is 35.5. The molecular weight excluding hydrogens is 483 g/mol. The number of hydrogen-bond acceptors (Lipinski definition) is 6. The molecule has 0 bridgehead atoms. The smallest absolute Gasteiger partial charge is 0.266 e. The van der Waals surface area contributed by atoms with E-state index in [0.29, 0.717) is 48.9 Å². The summed E-state index contributed by atoms with van der Waals surface area (Å²) in [7, 11) is 2.97. The lowest BCUT2D eigenvalue weighted by molar-refractivity contribution is 0.102. The number of nitrogens with zero attached hydrogens (tertiary/aromatic N) is 2. The quantitative estimate of drug-likeness (QED) is 0.184. The Hall–Kier alpha value is -3.00. The summed E-state index contributed by atoms with van der Waals surface area (Å²) in [6.07, 6.45) is 0. The van der Waals surface area contributed by atoms with Gasteiger partial charge in [0.25, 0.3) is 5.56 Å². The fourth-order valence-electron chi connectivity index (χ4n) is 3.29. The standard InChI is InChI=1S/C24H18Cl2N2O4S/c1-31-21-12-19(22(32-2)11-17(21)26)28-23(30)16-5-3-4-6-18(16)27-24(28)33-13-20(29)14-7-9-15(25)10-8-14/h3-12H,13H2,1-2H3. The van der Waals surface area contributed by atoms with Gasteiger partial charge in [0.15, 0.2) is 10.9 Å². The molecule has 0 atom stereocenters. The molecule has 0 saturated heterocycles. The second-order valence-electron chi connectivity index (χ2n) is 6.93. The lowest BCUT2D eigenvalue weighted by Gasteiger charge is -2.17. The van der Waals surface area contributed by atoms with Gasteiger partial charge in [-0.25, -0.2) is 4.98 Å². The number of rotatable bonds is 7. The summed E-state index contributed by atoms with van der Waals surface area (Å²) in [5, 5.41) is 1.66. The maximum Gasteiger partial charge on any atom is 0.266 e. The molecule has 1 heterocycles. The number of hydrogen-bond donors (Lipinski definition) is 0. The van der Waals surface area contributed by atoms with Crippen LogP contribution in [0.25, 0.3) is 16.6 Å². The Bertz CT molecular complexity index is 1400. The number of methoxy groups -OCH3 is 2. The molecule has 0 N–H and O–H groups in total. The summed E-state index contributed by atoms with van der Waals surface area (Å²) in [6.45, 7) is 0. The first-order chi connectivity index (χ1) is 15.9. The lowest BCUT2D eigenvalue weighted by atomic mass is 10.1. The van der Waals surface area contributed by atoms with E-state index in [1.54, 1.807) is 60.7 Å². The van der Waals surface area contributed by atoms with Gasteiger partial charge >= 0.3 is 0 Å². The largest absolute Gasteiger partial charge is 0.495 e. The molecule has 0 fully saturated rings. The first-order valence-corrected chi connectivity index (χ1v) is 11.5. The van der Waals surface area contributed by atoms with Crippen LogP contribution < -0.4 is 15.0 Å². The third-order valence-corrected chi connectivity index (χ3v) is 6.42. The molecule has 4 aromatic rings. The van der Waals surface area contributed by atoms with Crippen molar-refractivity contribution in [2.75, 3.05) is 20.0 Å². The van der Waals surface area contributed by atoms with Crippen LogP contribution in [0.1, 0.15) is 10.4 Å². The minimum atomic E-state index is -0.301. The van der Waals surface area contributed by atoms with E-state index in [1.165, 1.54) is 18.8 Å². The molecule has 0 amide bonds. The monoisotopic (exact) mass is 500 g/mol. The molecular formula is C24H18Cl2N2O4S. The van der Waals surface area contributed by atoms with Crippen LogP contribution in [0, 0.1) is 0 Å². The number of halogens is 2. The van der Waals surface area contributed by atoms with Gasteiger partial charge in [0.2, 0.25) is 0 Å². The second-order valence-corrected chi connectivity index (χ2v) is 8.72. The van der Waals surface area contributed by atoms with E-state index in [2.05, 4.69) is 4.98 Å². The second kappa shape index (κ2) is 9.87. The normalized spacial score (nSPS) is 10.9. The van der Waals surface area contributed by atoms with E-state index in [9.17, 15) is 9.59 Å². The summed E-state index contributed by atoms with van der Waals surface area (Å²) in [6, 6.07) is 16.9. The molecule has 33 heavy (non-hydrogen) atoms. The van der Waals surface area contributed by atoms with Crippen molar-refractivity contribution in [2.45, 2.75) is 5.16 Å². The number of ether oxygens (including phenoxy) is 2. The molecule has 6 nitrogen and oxygen atoms in total. The van der Waals surface area contributed by atoms with Crippen molar-refractivity contribution < 1.29 is 14.3 Å². The number of carbonyl (C=O) groups excluding carboxylic acids is 1.